The maximum absolute atomic E-state index is 14.3. The number of pyridine rings is 1. The van der Waals surface area contributed by atoms with Gasteiger partial charge >= 0.3 is 0 Å². The number of carbonyl (C=O) groups is 2. The predicted octanol–water partition coefficient (Wildman–Crippen LogP) is 4.50. The number of nitrogen functional groups attached to an aromatic ring is 1. The summed E-state index contributed by atoms with van der Waals surface area (Å²) < 4.78 is 29.2. The third-order valence-corrected chi connectivity index (χ3v) is 8.50. The van der Waals surface area contributed by atoms with E-state index in [2.05, 4.69) is 25.3 Å². The summed E-state index contributed by atoms with van der Waals surface area (Å²) in [5.41, 5.74) is 9.77. The number of carbonyl (C=O) groups excluding carboxylic acids is 2. The van der Waals surface area contributed by atoms with Gasteiger partial charge in [0.05, 0.1) is 23.1 Å². The minimum absolute atomic E-state index is 0.0336. The molecule has 3 N–H and O–H groups in total. The summed E-state index contributed by atoms with van der Waals surface area (Å²) in [7, 11) is 0. The van der Waals surface area contributed by atoms with Crippen LogP contribution >= 0.6 is 0 Å². The topological polar surface area (TPSA) is 148 Å². The van der Waals surface area contributed by atoms with Crippen LogP contribution in [-0.2, 0) is 0 Å². The molecule has 218 valence electrons. The van der Waals surface area contributed by atoms with Gasteiger partial charge in [-0.05, 0) is 57.7 Å². The number of rotatable bonds is 5. The Labute approximate surface area is 244 Å². The van der Waals surface area contributed by atoms with Gasteiger partial charge in [0.1, 0.15) is 23.3 Å². The third-order valence-electron chi connectivity index (χ3n) is 8.50. The van der Waals surface area contributed by atoms with Crippen molar-refractivity contribution >= 4 is 23.2 Å². The van der Waals surface area contributed by atoms with E-state index in [1.165, 1.54) is 23.6 Å². The van der Waals surface area contributed by atoms with Gasteiger partial charge in [-0.15, -0.1) is 10.2 Å². The van der Waals surface area contributed by atoms with Crippen LogP contribution in [0.2, 0.25) is 0 Å². The second kappa shape index (κ2) is 10.0. The van der Waals surface area contributed by atoms with E-state index in [4.69, 9.17) is 10.7 Å². The van der Waals surface area contributed by atoms with Crippen molar-refractivity contribution in [2.24, 2.45) is 0 Å². The Kier molecular flexibility index (Phi) is 6.26. The second-order valence-corrected chi connectivity index (χ2v) is 11.2. The summed E-state index contributed by atoms with van der Waals surface area (Å²) in [6.45, 7) is 3.21. The lowest BCUT2D eigenvalue weighted by Gasteiger charge is -2.38. The first kappa shape index (κ1) is 26.8. The molecule has 13 heteroatoms. The molecule has 6 heterocycles. The van der Waals surface area contributed by atoms with Gasteiger partial charge in [-0.1, -0.05) is 6.07 Å². The van der Waals surface area contributed by atoms with Crippen molar-refractivity contribution in [2.45, 2.75) is 57.5 Å². The van der Waals surface area contributed by atoms with Gasteiger partial charge in [-0.3, -0.25) is 14.6 Å². The monoisotopic (exact) mass is 583 g/mol. The van der Waals surface area contributed by atoms with E-state index < -0.39 is 11.6 Å². The summed E-state index contributed by atoms with van der Waals surface area (Å²) >= 11 is 0. The Morgan fingerprint density at radius 1 is 1.02 bits per heavy atom. The fraction of sp³-hybridized carbons (Fsp3) is 0.300. The van der Waals surface area contributed by atoms with E-state index in [-0.39, 0.29) is 46.9 Å². The zero-order valence-corrected chi connectivity index (χ0v) is 23.4. The zero-order valence-electron chi connectivity index (χ0n) is 23.4. The summed E-state index contributed by atoms with van der Waals surface area (Å²) in [4.78, 5) is 40.4. The first-order valence-electron chi connectivity index (χ1n) is 14.0. The van der Waals surface area contributed by atoms with Crippen LogP contribution in [0.15, 0.2) is 42.7 Å². The van der Waals surface area contributed by atoms with Gasteiger partial charge in [-0.2, -0.15) is 9.61 Å². The number of H-pyrrole nitrogens is 1. The maximum Gasteiger partial charge on any atom is 0.292 e. The average molecular weight is 584 g/mol. The molecule has 4 aromatic heterocycles. The van der Waals surface area contributed by atoms with Gasteiger partial charge < -0.3 is 15.6 Å². The fourth-order valence-electron chi connectivity index (χ4n) is 6.60. The summed E-state index contributed by atoms with van der Waals surface area (Å²) in [6.07, 6.45) is 6.12. The van der Waals surface area contributed by atoms with Gasteiger partial charge in [0, 0.05) is 47.0 Å². The molecule has 0 unspecified atom stereocenters. The van der Waals surface area contributed by atoms with Gasteiger partial charge in [0.2, 0.25) is 5.82 Å². The molecular weight excluding hydrogens is 556 g/mol. The number of hydrogen-bond acceptors (Lipinski definition) is 8. The number of halogens is 2. The molecule has 1 amide bonds. The van der Waals surface area contributed by atoms with Gasteiger partial charge in [0.25, 0.3) is 5.91 Å². The van der Waals surface area contributed by atoms with Crippen molar-refractivity contribution in [3.8, 4) is 22.4 Å². The summed E-state index contributed by atoms with van der Waals surface area (Å²) in [5.74, 6) is -0.854. The lowest BCUT2D eigenvalue weighted by Crippen LogP contribution is -2.46. The van der Waals surface area contributed by atoms with Crippen LogP contribution in [0.3, 0.4) is 0 Å². The Morgan fingerprint density at radius 2 is 1.79 bits per heavy atom. The van der Waals surface area contributed by atoms with Crippen LogP contribution in [0, 0.1) is 18.6 Å². The molecule has 2 saturated heterocycles. The molecule has 43 heavy (non-hydrogen) atoms. The van der Waals surface area contributed by atoms with Crippen LogP contribution in [0.1, 0.15) is 71.0 Å². The molecular formula is C30H27F2N9O2. The molecule has 3 atom stereocenters. The van der Waals surface area contributed by atoms with Crippen LogP contribution in [0.5, 0.6) is 0 Å². The van der Waals surface area contributed by atoms with E-state index in [9.17, 15) is 18.4 Å². The quantitative estimate of drug-likeness (QED) is 0.288. The highest BCUT2D eigenvalue weighted by Crippen LogP contribution is 2.45. The Balaban J connectivity index is 1.24. The predicted molar refractivity (Wildman–Crippen MR) is 152 cm³/mol. The van der Waals surface area contributed by atoms with E-state index >= 15 is 0 Å². The SMILES string of the molecule is CC(=O)c1c([C@@H]2C[C@H]3CC[C@@H](C2)N3C(=O)c2nnc(C)[nH]2)nc2c(-c3ccc(-c4ccc(F)cc4F)nc3)cnn2c1N. The van der Waals surface area contributed by atoms with E-state index in [0.29, 0.717) is 52.4 Å². The Bertz CT molecular complexity index is 1900. The molecule has 5 aromatic rings. The average Bonchev–Trinajstić information content (AvgIpc) is 3.68. The minimum atomic E-state index is -0.704. The molecule has 7 rings (SSSR count). The Hall–Kier alpha value is -5.07. The van der Waals surface area contributed by atoms with Crippen LogP contribution in [0.4, 0.5) is 14.6 Å². The Morgan fingerprint density at radius 3 is 2.42 bits per heavy atom. The molecule has 11 nitrogen and oxygen atoms in total. The second-order valence-electron chi connectivity index (χ2n) is 11.2. The number of amides is 1. The number of aryl methyl sites for hydroxylation is 1. The number of ketones is 1. The van der Waals surface area contributed by atoms with Crippen molar-refractivity contribution in [1.29, 1.82) is 0 Å². The van der Waals surface area contributed by atoms with E-state index in [1.807, 2.05) is 4.90 Å². The number of Topliss-reactive ketones (excluding diaryl/α,β-unsaturated/α-hetero) is 1. The lowest BCUT2D eigenvalue weighted by molar-refractivity contribution is 0.0556. The summed E-state index contributed by atoms with van der Waals surface area (Å²) in [5, 5.41) is 12.3. The third kappa shape index (κ3) is 4.42. The van der Waals surface area contributed by atoms with Crippen molar-refractivity contribution in [2.75, 3.05) is 5.73 Å². The van der Waals surface area contributed by atoms with Crippen molar-refractivity contribution in [1.82, 2.24) is 39.7 Å². The fourth-order valence-corrected chi connectivity index (χ4v) is 6.60. The smallest absolute Gasteiger partial charge is 0.292 e. The highest BCUT2D eigenvalue weighted by Gasteiger charge is 2.46. The van der Waals surface area contributed by atoms with Crippen molar-refractivity contribution in [3.05, 3.63) is 77.3 Å². The number of aromatic amines is 1. The number of anilines is 1. The minimum Gasteiger partial charge on any atom is -0.383 e. The number of nitrogens with zero attached hydrogens (tertiary/aromatic N) is 7. The van der Waals surface area contributed by atoms with Crippen LogP contribution in [0.25, 0.3) is 28.0 Å². The van der Waals surface area contributed by atoms with Crippen LogP contribution in [-0.4, -0.2) is 63.4 Å². The molecule has 2 aliphatic rings. The van der Waals surface area contributed by atoms with E-state index in [0.717, 1.165) is 18.9 Å². The molecule has 0 saturated carbocycles. The van der Waals surface area contributed by atoms with E-state index in [1.54, 1.807) is 31.5 Å². The standard InChI is InChI=1S/C30H27F2N9O2/c1-14(42)25-26(17-9-19-5-6-20(10-17)40(19)30(43)28-36-15(2)38-39-28)37-29-22(13-35-41(29)27(25)33)16-3-8-24(34-12-16)21-7-4-18(31)11-23(21)32/h3-4,7-8,11-13,17,19-20H,5-6,9-10,33H2,1-2H3,(H,36,38,39)/t17-,19-,20+. The number of hydrogen-bond donors (Lipinski definition) is 2. The summed E-state index contributed by atoms with van der Waals surface area (Å²) in [6, 6.07) is 6.68. The number of piperidine rings is 1. The van der Waals surface area contributed by atoms with Crippen molar-refractivity contribution in [3.63, 3.8) is 0 Å². The van der Waals surface area contributed by atoms with Crippen molar-refractivity contribution < 1.29 is 18.4 Å². The number of nitrogens with two attached hydrogens (primary N) is 1. The number of fused-ring (bicyclic) bond motifs is 3. The molecule has 0 spiro atoms. The van der Waals surface area contributed by atoms with Gasteiger partial charge in [-0.25, -0.2) is 13.8 Å². The molecule has 1 aromatic carbocycles. The molecule has 2 aliphatic heterocycles. The number of nitrogens with one attached hydrogen (secondary N) is 1. The molecule has 0 aliphatic carbocycles. The normalized spacial score (nSPS) is 19.7. The zero-order chi connectivity index (χ0) is 30.0. The largest absolute Gasteiger partial charge is 0.383 e. The van der Waals surface area contributed by atoms with Gasteiger partial charge in [0.15, 0.2) is 11.4 Å². The first-order valence-corrected chi connectivity index (χ1v) is 14.0. The molecule has 0 radical (unpaired) electrons. The molecule has 2 bridgehead atoms. The lowest BCUT2D eigenvalue weighted by atomic mass is 9.85. The highest BCUT2D eigenvalue weighted by molar-refractivity contribution is 6.00. The maximum atomic E-state index is 14.3. The number of aromatic nitrogens is 7. The van der Waals surface area contributed by atoms with Crippen LogP contribution < -0.4 is 5.73 Å². The molecule has 2 fully saturated rings. The first-order chi connectivity index (χ1) is 20.7. The number of benzene rings is 1. The highest BCUT2D eigenvalue weighted by atomic mass is 19.1.